The number of piperazine rings is 1. The quantitative estimate of drug-likeness (QED) is 0.268. The van der Waals surface area contributed by atoms with E-state index in [1.807, 2.05) is 60.8 Å². The van der Waals surface area contributed by atoms with Crippen LogP contribution in [0.25, 0.3) is 21.7 Å². The van der Waals surface area contributed by atoms with Crippen LogP contribution in [0.3, 0.4) is 0 Å². The van der Waals surface area contributed by atoms with Crippen molar-refractivity contribution in [1.29, 1.82) is 0 Å². The van der Waals surface area contributed by atoms with Crippen molar-refractivity contribution in [2.24, 2.45) is 0 Å². The number of H-pyrrole nitrogens is 1. The number of hydrogen-bond donors (Lipinski definition) is 2. The van der Waals surface area contributed by atoms with Crippen molar-refractivity contribution in [3.63, 3.8) is 0 Å². The smallest absolute Gasteiger partial charge is 0.245 e. The molecular formula is C35H36N4O3. The molecule has 5 aromatic rings. The van der Waals surface area contributed by atoms with Gasteiger partial charge in [-0.25, -0.2) is 0 Å². The number of fused-ring (bicyclic) bond motifs is 2. The van der Waals surface area contributed by atoms with Gasteiger partial charge in [0.1, 0.15) is 11.8 Å². The van der Waals surface area contributed by atoms with E-state index in [1.54, 1.807) is 24.0 Å². The number of aromatic amines is 1. The minimum atomic E-state index is -0.633. The van der Waals surface area contributed by atoms with Crippen LogP contribution in [-0.2, 0) is 29.0 Å². The Balaban J connectivity index is 1.29. The Labute approximate surface area is 246 Å². The maximum absolute atomic E-state index is 14.2. The maximum Gasteiger partial charge on any atom is 0.245 e. The molecule has 2 N–H and O–H groups in total. The van der Waals surface area contributed by atoms with E-state index in [1.165, 1.54) is 0 Å². The van der Waals surface area contributed by atoms with Crippen LogP contribution >= 0.6 is 0 Å². The molecule has 0 bridgehead atoms. The van der Waals surface area contributed by atoms with Crippen LogP contribution < -0.4 is 10.1 Å². The number of rotatable bonds is 9. The summed E-state index contributed by atoms with van der Waals surface area (Å²) in [5, 5.41) is 6.80. The number of hydrogen-bond acceptors (Lipinski definition) is 4. The lowest BCUT2D eigenvalue weighted by molar-refractivity contribution is -0.148. The predicted octanol–water partition coefficient (Wildman–Crippen LogP) is 4.94. The summed E-state index contributed by atoms with van der Waals surface area (Å²) in [5.74, 6) is 0.604. The standard InChI is InChI=1S/C35H36N4O3/c1-38(23-27-11-5-8-14-33(27)42-2)35(41)32(20-24-15-16-25-9-3-4-10-26(25)19-24)39-18-17-36-31(34(39)40)21-28-22-37-30-13-7-6-12-29(28)30/h3-16,19,22,31-32,36-37H,17-18,20-21,23H2,1-2H3/t31?,32-/m1/s1. The highest BCUT2D eigenvalue weighted by atomic mass is 16.5. The monoisotopic (exact) mass is 560 g/mol. The fourth-order valence-electron chi connectivity index (χ4n) is 6.09. The summed E-state index contributed by atoms with van der Waals surface area (Å²) < 4.78 is 5.54. The van der Waals surface area contributed by atoms with Gasteiger partial charge in [-0.05, 0) is 40.5 Å². The SMILES string of the molecule is COc1ccccc1CN(C)C(=O)[C@@H](Cc1ccc2ccccc2c1)N1CCNC(Cc2c[nH]c3ccccc23)C1=O. The molecule has 2 atom stereocenters. The highest BCUT2D eigenvalue weighted by Crippen LogP contribution is 2.25. The number of amides is 2. The number of benzene rings is 4. The Bertz CT molecular complexity index is 1730. The van der Waals surface area contributed by atoms with Gasteiger partial charge >= 0.3 is 0 Å². The second-order valence-electron chi connectivity index (χ2n) is 11.0. The average molecular weight is 561 g/mol. The zero-order chi connectivity index (χ0) is 29.1. The summed E-state index contributed by atoms with van der Waals surface area (Å²) in [6.07, 6.45) is 2.97. The molecule has 4 aromatic carbocycles. The predicted molar refractivity (Wildman–Crippen MR) is 166 cm³/mol. The van der Waals surface area contributed by atoms with Crippen molar-refractivity contribution < 1.29 is 14.3 Å². The summed E-state index contributed by atoms with van der Waals surface area (Å²) in [5.41, 5.74) is 4.08. The molecule has 0 spiro atoms. The van der Waals surface area contributed by atoms with Gasteiger partial charge in [-0.1, -0.05) is 78.9 Å². The zero-order valence-corrected chi connectivity index (χ0v) is 24.0. The number of carbonyl (C=O) groups is 2. The highest BCUT2D eigenvalue weighted by molar-refractivity contribution is 5.92. The van der Waals surface area contributed by atoms with Crippen molar-refractivity contribution in [2.45, 2.75) is 31.5 Å². The van der Waals surface area contributed by atoms with Gasteiger partial charge < -0.3 is 24.8 Å². The number of para-hydroxylation sites is 2. The third-order valence-electron chi connectivity index (χ3n) is 8.30. The average Bonchev–Trinajstić information content (AvgIpc) is 3.43. The maximum atomic E-state index is 14.2. The first-order valence-corrected chi connectivity index (χ1v) is 14.4. The van der Waals surface area contributed by atoms with Gasteiger partial charge in [0.2, 0.25) is 11.8 Å². The molecule has 0 saturated carbocycles. The van der Waals surface area contributed by atoms with E-state index >= 15 is 0 Å². The molecule has 42 heavy (non-hydrogen) atoms. The summed E-state index contributed by atoms with van der Waals surface area (Å²) >= 11 is 0. The third kappa shape index (κ3) is 5.60. The van der Waals surface area contributed by atoms with Crippen LogP contribution in [0, 0.1) is 0 Å². The minimum absolute atomic E-state index is 0.0450. The number of aromatic nitrogens is 1. The van der Waals surface area contributed by atoms with Crippen molar-refractivity contribution >= 4 is 33.5 Å². The molecule has 7 nitrogen and oxygen atoms in total. The Morgan fingerprint density at radius 1 is 0.976 bits per heavy atom. The van der Waals surface area contributed by atoms with Crippen LogP contribution in [-0.4, -0.2) is 65.9 Å². The van der Waals surface area contributed by atoms with E-state index < -0.39 is 12.1 Å². The van der Waals surface area contributed by atoms with Gasteiger partial charge in [-0.3, -0.25) is 9.59 Å². The van der Waals surface area contributed by atoms with Crippen LogP contribution in [0.5, 0.6) is 5.75 Å². The molecular weight excluding hydrogens is 524 g/mol. The molecule has 1 aliphatic heterocycles. The largest absolute Gasteiger partial charge is 0.496 e. The van der Waals surface area contributed by atoms with E-state index in [4.69, 9.17) is 4.74 Å². The van der Waals surface area contributed by atoms with E-state index in [0.717, 1.165) is 44.1 Å². The second kappa shape index (κ2) is 12.1. The summed E-state index contributed by atoms with van der Waals surface area (Å²) in [6, 6.07) is 29.3. The lowest BCUT2D eigenvalue weighted by Crippen LogP contribution is -2.62. The van der Waals surface area contributed by atoms with Crippen LogP contribution in [0.2, 0.25) is 0 Å². The zero-order valence-electron chi connectivity index (χ0n) is 24.0. The molecule has 6 rings (SSSR count). The Morgan fingerprint density at radius 2 is 1.74 bits per heavy atom. The first kappa shape index (κ1) is 27.5. The van der Waals surface area contributed by atoms with Gasteiger partial charge in [-0.15, -0.1) is 0 Å². The second-order valence-corrected chi connectivity index (χ2v) is 11.0. The number of nitrogens with one attached hydrogen (secondary N) is 2. The molecule has 2 heterocycles. The highest BCUT2D eigenvalue weighted by Gasteiger charge is 2.38. The van der Waals surface area contributed by atoms with Gasteiger partial charge in [0.25, 0.3) is 0 Å². The number of methoxy groups -OCH3 is 1. The normalized spacial score (nSPS) is 16.1. The van der Waals surface area contributed by atoms with E-state index in [9.17, 15) is 9.59 Å². The van der Waals surface area contributed by atoms with Gasteiger partial charge in [0.05, 0.1) is 13.2 Å². The Morgan fingerprint density at radius 3 is 2.60 bits per heavy atom. The lowest BCUT2D eigenvalue weighted by Gasteiger charge is -2.39. The first-order chi connectivity index (χ1) is 20.5. The fraction of sp³-hybridized carbons (Fsp3) is 0.257. The van der Waals surface area contributed by atoms with Gasteiger partial charge in [-0.2, -0.15) is 0 Å². The number of carbonyl (C=O) groups excluding carboxylic acids is 2. The molecule has 0 aliphatic carbocycles. The number of likely N-dealkylation sites (N-methyl/N-ethyl adjacent to an activating group) is 1. The van der Waals surface area contributed by atoms with Gasteiger partial charge in [0, 0.05) is 55.8 Å². The fourth-order valence-corrected chi connectivity index (χ4v) is 6.09. The molecule has 1 saturated heterocycles. The van der Waals surface area contributed by atoms with Crippen molar-refractivity contribution in [2.75, 3.05) is 27.2 Å². The number of ether oxygens (including phenoxy) is 1. The van der Waals surface area contributed by atoms with Crippen molar-refractivity contribution in [3.05, 3.63) is 114 Å². The van der Waals surface area contributed by atoms with Crippen LogP contribution in [0.15, 0.2) is 97.2 Å². The van der Waals surface area contributed by atoms with Crippen LogP contribution in [0.1, 0.15) is 16.7 Å². The molecule has 1 aromatic heterocycles. The third-order valence-corrected chi connectivity index (χ3v) is 8.30. The molecule has 1 fully saturated rings. The van der Waals surface area contributed by atoms with Crippen LogP contribution in [0.4, 0.5) is 0 Å². The number of nitrogens with zero attached hydrogens (tertiary/aromatic N) is 2. The van der Waals surface area contributed by atoms with Crippen molar-refractivity contribution in [3.8, 4) is 5.75 Å². The summed E-state index contributed by atoms with van der Waals surface area (Å²) in [6.45, 7) is 1.47. The van der Waals surface area contributed by atoms with Crippen molar-refractivity contribution in [1.82, 2.24) is 20.1 Å². The summed E-state index contributed by atoms with van der Waals surface area (Å²) in [4.78, 5) is 35.1. The molecule has 1 aliphatic rings. The van der Waals surface area contributed by atoms with Gasteiger partial charge in [0.15, 0.2) is 0 Å². The molecule has 7 heteroatoms. The van der Waals surface area contributed by atoms with E-state index in [-0.39, 0.29) is 11.8 Å². The molecule has 0 radical (unpaired) electrons. The lowest BCUT2D eigenvalue weighted by atomic mass is 9.97. The molecule has 1 unspecified atom stereocenters. The van der Waals surface area contributed by atoms with E-state index in [2.05, 4.69) is 46.7 Å². The molecule has 2 amide bonds. The Hall–Kier alpha value is -4.62. The molecule has 214 valence electrons. The first-order valence-electron chi connectivity index (χ1n) is 14.4. The topological polar surface area (TPSA) is 77.7 Å². The Kier molecular flexibility index (Phi) is 7.93. The van der Waals surface area contributed by atoms with E-state index in [0.29, 0.717) is 32.5 Å². The summed E-state index contributed by atoms with van der Waals surface area (Å²) in [7, 11) is 3.44. The minimum Gasteiger partial charge on any atom is -0.496 e.